The summed E-state index contributed by atoms with van der Waals surface area (Å²) in [6, 6.07) is 7.42. The van der Waals surface area contributed by atoms with E-state index in [0.29, 0.717) is 21.8 Å². The maximum Gasteiger partial charge on any atom is 0.322 e. The Balaban J connectivity index is 1.51. The Morgan fingerprint density at radius 3 is 2.66 bits per heavy atom. The Labute approximate surface area is 200 Å². The van der Waals surface area contributed by atoms with Gasteiger partial charge in [-0.15, -0.1) is 0 Å². The standard InChI is InChI=1S/C21H26BrClN8O/c1-29(2)12-9-24-21(32)31(15-5-3-14(23)4-6-15)16-7-10-30(11-8-16)20-17-18(22)27-28-19(17)25-13-26-20/h3-6,13,16H,7-12H2,1-2H3,(H,24,32)(H,25,26,27,28). The van der Waals surface area contributed by atoms with Gasteiger partial charge in [0.15, 0.2) is 5.65 Å². The highest BCUT2D eigenvalue weighted by atomic mass is 79.9. The summed E-state index contributed by atoms with van der Waals surface area (Å²) < 4.78 is 0.702. The number of hydrogen-bond donors (Lipinski definition) is 2. The van der Waals surface area contributed by atoms with Crippen LogP contribution in [0.4, 0.5) is 16.3 Å². The molecule has 2 amide bonds. The number of aromatic nitrogens is 4. The first-order chi connectivity index (χ1) is 15.4. The second-order valence-electron chi connectivity index (χ2n) is 8.04. The van der Waals surface area contributed by atoms with E-state index in [0.717, 1.165) is 49.4 Å². The zero-order valence-corrected chi connectivity index (χ0v) is 20.4. The molecule has 3 aromatic rings. The van der Waals surface area contributed by atoms with E-state index in [1.807, 2.05) is 48.2 Å². The number of piperidine rings is 1. The van der Waals surface area contributed by atoms with Gasteiger partial charge in [-0.05, 0) is 67.1 Å². The van der Waals surface area contributed by atoms with Crippen LogP contribution >= 0.6 is 27.5 Å². The summed E-state index contributed by atoms with van der Waals surface area (Å²) in [7, 11) is 3.97. The maximum absolute atomic E-state index is 13.2. The minimum atomic E-state index is -0.0883. The van der Waals surface area contributed by atoms with Crippen molar-refractivity contribution < 1.29 is 4.79 Å². The number of nitrogens with zero attached hydrogens (tertiary/aromatic N) is 6. The molecule has 0 spiro atoms. The van der Waals surface area contributed by atoms with Crippen molar-refractivity contribution in [3.8, 4) is 0 Å². The SMILES string of the molecule is CN(C)CCNC(=O)N(c1ccc(Cl)cc1)C1CCN(c2ncnc3[nH]nc(Br)c23)CC1. The van der Waals surface area contributed by atoms with E-state index in [1.165, 1.54) is 0 Å². The zero-order chi connectivity index (χ0) is 22.7. The number of hydrogen-bond acceptors (Lipinski definition) is 6. The molecule has 2 N–H and O–H groups in total. The van der Waals surface area contributed by atoms with Crippen LogP contribution in [0.3, 0.4) is 0 Å². The highest BCUT2D eigenvalue weighted by molar-refractivity contribution is 9.10. The van der Waals surface area contributed by atoms with E-state index < -0.39 is 0 Å². The summed E-state index contributed by atoms with van der Waals surface area (Å²) in [6.07, 6.45) is 3.17. The Kier molecular flexibility index (Phi) is 7.12. The number of rotatable bonds is 6. The van der Waals surface area contributed by atoms with Crippen molar-refractivity contribution in [3.05, 3.63) is 40.2 Å². The van der Waals surface area contributed by atoms with E-state index in [-0.39, 0.29) is 12.1 Å². The fourth-order valence-corrected chi connectivity index (χ4v) is 4.53. The lowest BCUT2D eigenvalue weighted by molar-refractivity contribution is 0.241. The normalized spacial score (nSPS) is 14.8. The van der Waals surface area contributed by atoms with Gasteiger partial charge < -0.3 is 15.1 Å². The average molecular weight is 522 g/mol. The number of carbonyl (C=O) groups excluding carboxylic acids is 1. The summed E-state index contributed by atoms with van der Waals surface area (Å²) in [5.74, 6) is 0.850. The maximum atomic E-state index is 13.2. The molecule has 3 heterocycles. The molecule has 0 unspecified atom stereocenters. The lowest BCUT2D eigenvalue weighted by atomic mass is 10.0. The molecule has 0 radical (unpaired) electrons. The van der Waals surface area contributed by atoms with Crippen molar-refractivity contribution in [2.24, 2.45) is 0 Å². The highest BCUT2D eigenvalue weighted by Crippen LogP contribution is 2.32. The molecule has 1 aromatic carbocycles. The van der Waals surface area contributed by atoms with Crippen LogP contribution in [0.1, 0.15) is 12.8 Å². The third kappa shape index (κ3) is 4.97. The topological polar surface area (TPSA) is 93.3 Å². The van der Waals surface area contributed by atoms with Gasteiger partial charge in [0.25, 0.3) is 0 Å². The van der Waals surface area contributed by atoms with Crippen LogP contribution in [0.5, 0.6) is 0 Å². The number of halogens is 2. The third-order valence-electron chi connectivity index (χ3n) is 5.58. The number of likely N-dealkylation sites (N-methyl/N-ethyl adjacent to an activating group) is 1. The highest BCUT2D eigenvalue weighted by Gasteiger charge is 2.30. The number of amides is 2. The van der Waals surface area contributed by atoms with E-state index in [4.69, 9.17) is 11.6 Å². The van der Waals surface area contributed by atoms with Gasteiger partial charge in [-0.1, -0.05) is 11.6 Å². The van der Waals surface area contributed by atoms with Crippen molar-refractivity contribution in [2.75, 3.05) is 50.1 Å². The number of aromatic amines is 1. The molecule has 0 bridgehead atoms. The number of nitrogens with one attached hydrogen (secondary N) is 2. The molecular formula is C21H26BrClN8O. The summed E-state index contributed by atoms with van der Waals surface area (Å²) >= 11 is 9.57. The second kappa shape index (κ2) is 10.0. The molecule has 32 heavy (non-hydrogen) atoms. The molecule has 0 saturated carbocycles. The molecule has 0 atom stereocenters. The van der Waals surface area contributed by atoms with E-state index in [9.17, 15) is 4.79 Å². The molecule has 1 aliphatic heterocycles. The molecule has 170 valence electrons. The first kappa shape index (κ1) is 22.8. The molecule has 4 rings (SSSR count). The minimum Gasteiger partial charge on any atom is -0.356 e. The summed E-state index contributed by atoms with van der Waals surface area (Å²) in [5, 5.41) is 11.7. The first-order valence-corrected chi connectivity index (χ1v) is 11.7. The van der Waals surface area contributed by atoms with Gasteiger partial charge in [-0.2, -0.15) is 5.10 Å². The summed E-state index contributed by atoms with van der Waals surface area (Å²) in [5.41, 5.74) is 1.55. The van der Waals surface area contributed by atoms with Crippen LogP contribution < -0.4 is 15.1 Å². The first-order valence-electron chi connectivity index (χ1n) is 10.5. The molecular weight excluding hydrogens is 496 g/mol. The predicted octanol–water partition coefficient (Wildman–Crippen LogP) is 3.52. The predicted molar refractivity (Wildman–Crippen MR) is 131 cm³/mol. The van der Waals surface area contributed by atoms with Crippen molar-refractivity contribution >= 4 is 56.1 Å². The van der Waals surface area contributed by atoms with E-state index >= 15 is 0 Å². The molecule has 1 fully saturated rings. The lowest BCUT2D eigenvalue weighted by Crippen LogP contribution is -2.52. The van der Waals surface area contributed by atoms with Gasteiger partial charge in [0.05, 0.1) is 5.39 Å². The van der Waals surface area contributed by atoms with E-state index in [1.54, 1.807) is 6.33 Å². The van der Waals surface area contributed by atoms with Gasteiger partial charge in [0.2, 0.25) is 0 Å². The van der Waals surface area contributed by atoms with Gasteiger partial charge in [0, 0.05) is 42.9 Å². The third-order valence-corrected chi connectivity index (χ3v) is 6.41. The molecule has 1 saturated heterocycles. The zero-order valence-electron chi connectivity index (χ0n) is 18.1. The number of urea groups is 1. The number of H-pyrrole nitrogens is 1. The molecule has 9 nitrogen and oxygen atoms in total. The molecule has 2 aromatic heterocycles. The molecule has 11 heteroatoms. The quantitative estimate of drug-likeness (QED) is 0.516. The van der Waals surface area contributed by atoms with Crippen LogP contribution in [0.15, 0.2) is 35.2 Å². The van der Waals surface area contributed by atoms with Crippen LogP contribution in [0.2, 0.25) is 5.02 Å². The van der Waals surface area contributed by atoms with Gasteiger partial charge in [-0.25, -0.2) is 14.8 Å². The van der Waals surface area contributed by atoms with Gasteiger partial charge in [-0.3, -0.25) is 10.00 Å². The minimum absolute atomic E-state index is 0.0666. The average Bonchev–Trinajstić information content (AvgIpc) is 3.17. The fourth-order valence-electron chi connectivity index (χ4n) is 3.95. The van der Waals surface area contributed by atoms with Crippen LogP contribution in [-0.2, 0) is 0 Å². The molecule has 0 aliphatic carbocycles. The summed E-state index contributed by atoms with van der Waals surface area (Å²) in [6.45, 7) is 2.90. The second-order valence-corrected chi connectivity index (χ2v) is 9.22. The van der Waals surface area contributed by atoms with Crippen LogP contribution in [0.25, 0.3) is 11.0 Å². The van der Waals surface area contributed by atoms with Crippen LogP contribution in [-0.4, -0.2) is 77.4 Å². The number of anilines is 2. The number of carbonyl (C=O) groups is 1. The Morgan fingerprint density at radius 1 is 1.25 bits per heavy atom. The van der Waals surface area contributed by atoms with E-state index in [2.05, 4.69) is 46.3 Å². The number of fused-ring (bicyclic) bond motifs is 1. The van der Waals surface area contributed by atoms with Crippen molar-refractivity contribution in [2.45, 2.75) is 18.9 Å². The fraction of sp³-hybridized carbons (Fsp3) is 0.429. The van der Waals surface area contributed by atoms with Gasteiger partial charge in [0.1, 0.15) is 16.7 Å². The monoisotopic (exact) mass is 520 g/mol. The van der Waals surface area contributed by atoms with Crippen molar-refractivity contribution in [1.29, 1.82) is 0 Å². The number of benzene rings is 1. The van der Waals surface area contributed by atoms with Crippen molar-refractivity contribution in [1.82, 2.24) is 30.4 Å². The Bertz CT molecular complexity index is 1070. The van der Waals surface area contributed by atoms with Gasteiger partial charge >= 0.3 is 6.03 Å². The summed E-state index contributed by atoms with van der Waals surface area (Å²) in [4.78, 5) is 28.1. The largest absolute Gasteiger partial charge is 0.356 e. The lowest BCUT2D eigenvalue weighted by Gasteiger charge is -2.39. The smallest absolute Gasteiger partial charge is 0.322 e. The Morgan fingerprint density at radius 2 is 1.97 bits per heavy atom. The Hall–Kier alpha value is -2.43. The van der Waals surface area contributed by atoms with Crippen molar-refractivity contribution in [3.63, 3.8) is 0 Å². The van der Waals surface area contributed by atoms with Crippen LogP contribution in [0, 0.1) is 0 Å². The molecule has 1 aliphatic rings.